The summed E-state index contributed by atoms with van der Waals surface area (Å²) in [5, 5.41) is 6.10. The summed E-state index contributed by atoms with van der Waals surface area (Å²) in [6.45, 7) is 8.70. The van der Waals surface area contributed by atoms with Crippen molar-refractivity contribution in [1.29, 1.82) is 0 Å². The summed E-state index contributed by atoms with van der Waals surface area (Å²) >= 11 is 5.91. The summed E-state index contributed by atoms with van der Waals surface area (Å²) in [6, 6.07) is 5.77. The molecule has 0 heterocycles. The second-order valence-electron chi connectivity index (χ2n) is 9.49. The van der Waals surface area contributed by atoms with Crippen LogP contribution in [0.5, 0.6) is 0 Å². The number of fused-ring (bicyclic) bond motifs is 1. The maximum Gasteiger partial charge on any atom is 0.408 e. The molecule has 0 radical (unpaired) electrons. The van der Waals surface area contributed by atoms with E-state index in [2.05, 4.69) is 10.6 Å². The summed E-state index contributed by atoms with van der Waals surface area (Å²) in [7, 11) is 0. The number of hydrogen-bond donors (Lipinski definition) is 2. The van der Waals surface area contributed by atoms with Crippen LogP contribution in [0.1, 0.15) is 51.4 Å². The molecule has 2 aliphatic rings. The molecule has 2 N–H and O–H groups in total. The minimum Gasteiger partial charge on any atom is -0.466 e. The van der Waals surface area contributed by atoms with Gasteiger partial charge >= 0.3 is 18.0 Å². The number of amides is 2. The second kappa shape index (κ2) is 9.82. The number of alkyl carbamates (subject to hydrolysis) is 1. The van der Waals surface area contributed by atoms with Crippen LogP contribution in [-0.2, 0) is 23.8 Å². The summed E-state index contributed by atoms with van der Waals surface area (Å²) in [5.74, 6) is -3.23. The second-order valence-corrected chi connectivity index (χ2v) is 9.93. The van der Waals surface area contributed by atoms with Crippen molar-refractivity contribution < 1.29 is 33.4 Å². The van der Waals surface area contributed by atoms with Crippen molar-refractivity contribution in [2.45, 2.75) is 58.2 Å². The standard InChI is InChI=1S/C24H31ClN2O7/c1-6-32-20(29)17-16-15(26-19(28)13-8-10-14(25)11-9-13)12-24(18(16)17,21(30)33-7-2)27-22(31)34-23(3,4)5/h8-11,15-18H,6-7,12H2,1-5H3,(H,26,28)(H,27,31). The van der Waals surface area contributed by atoms with Gasteiger partial charge in [-0.1, -0.05) is 11.6 Å². The monoisotopic (exact) mass is 494 g/mol. The predicted molar refractivity (Wildman–Crippen MR) is 123 cm³/mol. The molecule has 2 saturated carbocycles. The zero-order valence-electron chi connectivity index (χ0n) is 20.0. The van der Waals surface area contributed by atoms with Gasteiger partial charge in [-0.25, -0.2) is 9.59 Å². The zero-order valence-corrected chi connectivity index (χ0v) is 20.7. The third kappa shape index (κ3) is 5.29. The molecule has 2 aliphatic carbocycles. The third-order valence-electron chi connectivity index (χ3n) is 6.00. The number of esters is 2. The molecule has 0 spiro atoms. The number of rotatable bonds is 7. The molecule has 1 aromatic rings. The van der Waals surface area contributed by atoms with Crippen LogP contribution in [0.15, 0.2) is 24.3 Å². The Hall–Kier alpha value is -2.81. The number of halogens is 1. The molecular formula is C24H31ClN2O7. The summed E-state index contributed by atoms with van der Waals surface area (Å²) in [6.07, 6.45) is -0.756. The van der Waals surface area contributed by atoms with E-state index in [4.69, 9.17) is 25.8 Å². The lowest BCUT2D eigenvalue weighted by Crippen LogP contribution is -2.59. The molecule has 5 atom stereocenters. The van der Waals surface area contributed by atoms with E-state index in [9.17, 15) is 19.2 Å². The lowest BCUT2D eigenvalue weighted by Gasteiger charge is -2.33. The number of benzene rings is 1. The minimum absolute atomic E-state index is 0.0512. The normalized spacial score (nSPS) is 27.2. The van der Waals surface area contributed by atoms with Crippen LogP contribution in [0, 0.1) is 17.8 Å². The first-order valence-electron chi connectivity index (χ1n) is 11.3. The Balaban J connectivity index is 1.92. The van der Waals surface area contributed by atoms with Gasteiger partial charge in [0.1, 0.15) is 11.1 Å². The molecule has 2 amide bonds. The highest BCUT2D eigenvalue weighted by Crippen LogP contribution is 2.63. The summed E-state index contributed by atoms with van der Waals surface area (Å²) in [5.41, 5.74) is -1.97. The third-order valence-corrected chi connectivity index (χ3v) is 6.25. The van der Waals surface area contributed by atoms with Crippen LogP contribution in [0.2, 0.25) is 5.02 Å². The van der Waals surface area contributed by atoms with Gasteiger partial charge in [0.2, 0.25) is 0 Å². The fraction of sp³-hybridized carbons (Fsp3) is 0.583. The molecule has 0 aromatic heterocycles. The van der Waals surface area contributed by atoms with E-state index in [0.717, 1.165) is 0 Å². The number of carbonyl (C=O) groups excluding carboxylic acids is 4. The first-order chi connectivity index (χ1) is 15.9. The molecule has 0 aliphatic heterocycles. The smallest absolute Gasteiger partial charge is 0.408 e. The molecule has 186 valence electrons. The Kier molecular flexibility index (Phi) is 7.45. The molecule has 1 aromatic carbocycles. The van der Waals surface area contributed by atoms with Crippen LogP contribution in [0.4, 0.5) is 4.79 Å². The van der Waals surface area contributed by atoms with E-state index >= 15 is 0 Å². The molecule has 0 saturated heterocycles. The van der Waals surface area contributed by atoms with Crippen LogP contribution in [-0.4, -0.2) is 54.3 Å². The predicted octanol–water partition coefficient (Wildman–Crippen LogP) is 3.09. The van der Waals surface area contributed by atoms with Crippen molar-refractivity contribution in [2.75, 3.05) is 13.2 Å². The van der Waals surface area contributed by atoms with Crippen molar-refractivity contribution in [2.24, 2.45) is 17.8 Å². The van der Waals surface area contributed by atoms with Crippen molar-refractivity contribution in [3.05, 3.63) is 34.9 Å². The van der Waals surface area contributed by atoms with E-state index in [-0.39, 0.29) is 25.5 Å². The van der Waals surface area contributed by atoms with Crippen molar-refractivity contribution >= 4 is 35.5 Å². The lowest BCUT2D eigenvalue weighted by atomic mass is 9.88. The van der Waals surface area contributed by atoms with E-state index in [1.807, 2.05) is 0 Å². The molecule has 34 heavy (non-hydrogen) atoms. The van der Waals surface area contributed by atoms with Crippen LogP contribution in [0.3, 0.4) is 0 Å². The van der Waals surface area contributed by atoms with Crippen molar-refractivity contribution in [3.8, 4) is 0 Å². The fourth-order valence-corrected chi connectivity index (χ4v) is 4.91. The van der Waals surface area contributed by atoms with Gasteiger partial charge in [-0.05, 0) is 64.8 Å². The molecule has 0 bridgehead atoms. The van der Waals surface area contributed by atoms with Gasteiger partial charge in [-0.2, -0.15) is 0 Å². The van der Waals surface area contributed by atoms with Gasteiger partial charge in [-0.15, -0.1) is 0 Å². The Morgan fingerprint density at radius 3 is 2.24 bits per heavy atom. The van der Waals surface area contributed by atoms with E-state index < -0.39 is 53.0 Å². The van der Waals surface area contributed by atoms with Gasteiger partial charge in [0.05, 0.1) is 19.1 Å². The first-order valence-corrected chi connectivity index (χ1v) is 11.7. The Bertz CT molecular complexity index is 959. The van der Waals surface area contributed by atoms with E-state index in [1.54, 1.807) is 58.9 Å². The Morgan fingerprint density at radius 2 is 1.68 bits per heavy atom. The van der Waals surface area contributed by atoms with E-state index in [0.29, 0.717) is 10.6 Å². The maximum atomic E-state index is 13.2. The number of ether oxygens (including phenoxy) is 3. The molecule has 5 unspecified atom stereocenters. The highest BCUT2D eigenvalue weighted by Gasteiger charge is 2.76. The lowest BCUT2D eigenvalue weighted by molar-refractivity contribution is -0.153. The van der Waals surface area contributed by atoms with Gasteiger partial charge in [0, 0.05) is 29.0 Å². The quantitative estimate of drug-likeness (QED) is 0.441. The average molecular weight is 495 g/mol. The number of hydrogen-bond acceptors (Lipinski definition) is 7. The molecule has 9 nitrogen and oxygen atoms in total. The molecular weight excluding hydrogens is 464 g/mol. The fourth-order valence-electron chi connectivity index (χ4n) is 4.78. The van der Waals surface area contributed by atoms with Crippen LogP contribution >= 0.6 is 11.6 Å². The minimum atomic E-state index is -1.54. The number of nitrogens with one attached hydrogen (secondary N) is 2. The average Bonchev–Trinajstić information content (AvgIpc) is 3.41. The summed E-state index contributed by atoms with van der Waals surface area (Å²) < 4.78 is 15.9. The van der Waals surface area contributed by atoms with Gasteiger partial charge < -0.3 is 24.8 Å². The van der Waals surface area contributed by atoms with Gasteiger partial charge in [0.25, 0.3) is 5.91 Å². The topological polar surface area (TPSA) is 120 Å². The largest absolute Gasteiger partial charge is 0.466 e. The van der Waals surface area contributed by atoms with Gasteiger partial charge in [-0.3, -0.25) is 9.59 Å². The Labute approximate surface area is 203 Å². The summed E-state index contributed by atoms with van der Waals surface area (Å²) in [4.78, 5) is 51.5. The molecule has 3 rings (SSSR count). The zero-order chi connectivity index (χ0) is 25.3. The number of carbonyl (C=O) groups is 4. The first kappa shape index (κ1) is 25.8. The molecule has 10 heteroatoms. The molecule has 2 fully saturated rings. The highest BCUT2D eigenvalue weighted by molar-refractivity contribution is 6.30. The van der Waals surface area contributed by atoms with Crippen LogP contribution < -0.4 is 10.6 Å². The van der Waals surface area contributed by atoms with Crippen molar-refractivity contribution in [1.82, 2.24) is 10.6 Å². The van der Waals surface area contributed by atoms with Crippen LogP contribution in [0.25, 0.3) is 0 Å². The highest BCUT2D eigenvalue weighted by atomic mass is 35.5. The Morgan fingerprint density at radius 1 is 1.06 bits per heavy atom. The SMILES string of the molecule is CCOC(=O)C1C2C(NC(=O)c3ccc(Cl)cc3)CC(NC(=O)OC(C)(C)C)(C(=O)OCC)C12. The maximum absolute atomic E-state index is 13.2. The van der Waals surface area contributed by atoms with Gasteiger partial charge in [0.15, 0.2) is 0 Å². The van der Waals surface area contributed by atoms with Crippen molar-refractivity contribution in [3.63, 3.8) is 0 Å². The van der Waals surface area contributed by atoms with E-state index in [1.165, 1.54) is 0 Å².